The number of hydrogen-bond donors (Lipinski definition) is 1. The summed E-state index contributed by atoms with van der Waals surface area (Å²) in [6, 6.07) is 38.8. The van der Waals surface area contributed by atoms with Gasteiger partial charge in [0, 0.05) is 20.8 Å². The first kappa shape index (κ1) is 44.5. The summed E-state index contributed by atoms with van der Waals surface area (Å²) in [5.41, 5.74) is 3.72. The van der Waals surface area contributed by atoms with Crippen LogP contribution in [-0.4, -0.2) is 97.6 Å². The molecule has 1 N–H and O–H groups in total. The highest BCUT2D eigenvalue weighted by Crippen LogP contribution is 2.35. The van der Waals surface area contributed by atoms with Gasteiger partial charge in [0.15, 0.2) is 30.9 Å². The Bertz CT molecular complexity index is 1900. The Balaban J connectivity index is 1.31. The van der Waals surface area contributed by atoms with E-state index >= 15 is 0 Å². The number of aliphatic hydroxyl groups is 1. The minimum atomic E-state index is -1.78. The maximum atomic E-state index is 12.4. The molecule has 0 spiro atoms. The fourth-order valence-electron chi connectivity index (χ4n) is 7.06. The highest BCUT2D eigenvalue weighted by Gasteiger charge is 2.54. The quantitative estimate of drug-likeness (QED) is 0.0912. The summed E-state index contributed by atoms with van der Waals surface area (Å²) in [6.45, 7) is 4.10. The number of carbonyl (C=O) groups is 3. The van der Waals surface area contributed by atoms with Crippen molar-refractivity contribution in [3.63, 3.8) is 0 Å². The number of benzene rings is 4. The SMILES string of the molecule is CC(=O)O[C@@H]1[C@@H](OC(C)=O)[C@@H](O)O[C@H](COC2O[C@@H]([C@@H](COCc3ccccc3)OCc3ccccc3)[C@H](OCc3ccccc3)[C@H]2OCc2ccccc2)[C@H]1OC(C)=O. The van der Waals surface area contributed by atoms with Crippen LogP contribution in [0, 0.1) is 0 Å². The van der Waals surface area contributed by atoms with E-state index < -0.39 is 79.3 Å². The van der Waals surface area contributed by atoms with Crippen LogP contribution < -0.4 is 0 Å². The van der Waals surface area contributed by atoms with Gasteiger partial charge in [0.1, 0.15) is 30.5 Å². The zero-order valence-corrected chi connectivity index (χ0v) is 33.8. The van der Waals surface area contributed by atoms with E-state index in [2.05, 4.69) is 0 Å². The molecule has 4 aromatic carbocycles. The van der Waals surface area contributed by atoms with Gasteiger partial charge in [0.2, 0.25) is 0 Å². The number of carbonyl (C=O) groups excluding carboxylic acids is 3. The Morgan fingerprint density at radius 2 is 0.983 bits per heavy atom. The first-order chi connectivity index (χ1) is 29.1. The Labute approximate surface area is 349 Å². The molecule has 10 atom stereocenters. The topological polar surface area (TPSA) is 164 Å². The molecule has 2 aliphatic rings. The molecular weight excluding hydrogens is 776 g/mol. The second-order valence-electron chi connectivity index (χ2n) is 14.4. The molecule has 2 aliphatic heterocycles. The second-order valence-corrected chi connectivity index (χ2v) is 14.4. The summed E-state index contributed by atoms with van der Waals surface area (Å²) >= 11 is 0. The van der Waals surface area contributed by atoms with Crippen LogP contribution in [0.5, 0.6) is 0 Å². The lowest BCUT2D eigenvalue weighted by atomic mass is 9.98. The van der Waals surface area contributed by atoms with Crippen molar-refractivity contribution in [2.45, 2.75) is 109 Å². The molecular formula is C46H52O14. The summed E-state index contributed by atoms with van der Waals surface area (Å²) in [7, 11) is 0. The normalized spacial score (nSPS) is 25.6. The van der Waals surface area contributed by atoms with Gasteiger partial charge < -0.3 is 52.5 Å². The first-order valence-electron chi connectivity index (χ1n) is 19.8. The predicted molar refractivity (Wildman–Crippen MR) is 213 cm³/mol. The largest absolute Gasteiger partial charge is 0.456 e. The van der Waals surface area contributed by atoms with Gasteiger partial charge in [-0.15, -0.1) is 0 Å². The number of aliphatic hydroxyl groups excluding tert-OH is 1. The molecule has 1 unspecified atom stereocenters. The number of rotatable bonds is 20. The molecule has 0 bridgehead atoms. The average Bonchev–Trinajstić information content (AvgIpc) is 3.59. The molecule has 14 nitrogen and oxygen atoms in total. The highest BCUT2D eigenvalue weighted by atomic mass is 16.7. The van der Waals surface area contributed by atoms with Crippen LogP contribution >= 0.6 is 0 Å². The number of hydrogen-bond acceptors (Lipinski definition) is 14. The Kier molecular flexibility index (Phi) is 16.7. The molecule has 0 amide bonds. The van der Waals surface area contributed by atoms with Gasteiger partial charge in [0.25, 0.3) is 0 Å². The van der Waals surface area contributed by atoms with Crippen molar-refractivity contribution in [3.8, 4) is 0 Å². The third kappa shape index (κ3) is 13.0. The van der Waals surface area contributed by atoms with Crippen molar-refractivity contribution in [1.29, 1.82) is 0 Å². The van der Waals surface area contributed by atoms with Crippen LogP contribution in [0.15, 0.2) is 121 Å². The van der Waals surface area contributed by atoms with E-state index in [0.29, 0.717) is 6.61 Å². The van der Waals surface area contributed by atoms with Gasteiger partial charge in [-0.05, 0) is 22.3 Å². The Morgan fingerprint density at radius 3 is 1.50 bits per heavy atom. The third-order valence-electron chi connectivity index (χ3n) is 9.78. The standard InChI is InChI=1S/C46H52O14/c1-30(47)56-40-38(59-45(50)43(58-32(3)49)42(40)57-31(2)48)29-55-46-44(54-27-36-22-14-7-15-23-36)41(53-26-35-20-12-6-13-21-35)39(60-46)37(52-25-34-18-10-5-11-19-34)28-51-24-33-16-8-4-9-17-33/h4-23,37-46,50H,24-29H2,1-3H3/t37-,38-,39+,40-,41+,42+,43-,44-,45+,46?/m1/s1. The molecule has 0 radical (unpaired) electrons. The van der Waals surface area contributed by atoms with E-state index in [1.807, 2.05) is 121 Å². The zero-order chi connectivity index (χ0) is 42.3. The predicted octanol–water partition coefficient (Wildman–Crippen LogP) is 5.21. The molecule has 2 saturated heterocycles. The minimum absolute atomic E-state index is 0.115. The monoisotopic (exact) mass is 828 g/mol. The lowest BCUT2D eigenvalue weighted by Crippen LogP contribution is -2.62. The van der Waals surface area contributed by atoms with Gasteiger partial charge in [-0.25, -0.2) is 0 Å². The van der Waals surface area contributed by atoms with Gasteiger partial charge in [0.05, 0.1) is 39.6 Å². The summed E-state index contributed by atoms with van der Waals surface area (Å²) in [6.07, 6.45) is -11.6. The molecule has 0 saturated carbocycles. The Hall–Kier alpha value is -5.03. The van der Waals surface area contributed by atoms with Crippen molar-refractivity contribution in [2.24, 2.45) is 0 Å². The van der Waals surface area contributed by atoms with Crippen LogP contribution in [0.25, 0.3) is 0 Å². The van der Waals surface area contributed by atoms with Crippen molar-refractivity contribution in [2.75, 3.05) is 13.2 Å². The fourth-order valence-corrected chi connectivity index (χ4v) is 7.06. The van der Waals surface area contributed by atoms with Gasteiger partial charge in [-0.1, -0.05) is 121 Å². The third-order valence-corrected chi connectivity index (χ3v) is 9.78. The molecule has 2 fully saturated rings. The van der Waals surface area contributed by atoms with E-state index in [1.165, 1.54) is 0 Å². The van der Waals surface area contributed by atoms with Crippen LogP contribution in [-0.2, 0) is 88.2 Å². The molecule has 2 heterocycles. The summed E-state index contributed by atoms with van der Waals surface area (Å²) in [4.78, 5) is 36.7. The van der Waals surface area contributed by atoms with Crippen molar-refractivity contribution >= 4 is 17.9 Å². The van der Waals surface area contributed by atoms with Gasteiger partial charge >= 0.3 is 17.9 Å². The lowest BCUT2D eigenvalue weighted by Gasteiger charge is -2.43. The first-order valence-corrected chi connectivity index (χ1v) is 19.8. The van der Waals surface area contributed by atoms with Crippen molar-refractivity contribution < 1.29 is 66.9 Å². The van der Waals surface area contributed by atoms with Crippen LogP contribution in [0.2, 0.25) is 0 Å². The summed E-state index contributed by atoms with van der Waals surface area (Å²) < 4.78 is 61.7. The maximum absolute atomic E-state index is 12.4. The zero-order valence-electron chi connectivity index (χ0n) is 33.8. The number of ether oxygens (including phenoxy) is 10. The van der Waals surface area contributed by atoms with Crippen molar-refractivity contribution in [3.05, 3.63) is 144 Å². The van der Waals surface area contributed by atoms with Gasteiger partial charge in [-0.3, -0.25) is 14.4 Å². The Morgan fingerprint density at radius 1 is 0.533 bits per heavy atom. The molecule has 0 aromatic heterocycles. The highest BCUT2D eigenvalue weighted by molar-refractivity contribution is 5.68. The van der Waals surface area contributed by atoms with Crippen LogP contribution in [0.3, 0.4) is 0 Å². The lowest BCUT2D eigenvalue weighted by molar-refractivity contribution is -0.305. The molecule has 0 aliphatic carbocycles. The minimum Gasteiger partial charge on any atom is -0.456 e. The van der Waals surface area contributed by atoms with Gasteiger partial charge in [-0.2, -0.15) is 0 Å². The molecule has 320 valence electrons. The smallest absolute Gasteiger partial charge is 0.303 e. The van der Waals surface area contributed by atoms with Crippen LogP contribution in [0.4, 0.5) is 0 Å². The van der Waals surface area contributed by atoms with E-state index in [1.54, 1.807) is 0 Å². The second kappa shape index (κ2) is 22.5. The number of esters is 3. The van der Waals surface area contributed by atoms with E-state index in [9.17, 15) is 19.5 Å². The average molecular weight is 829 g/mol. The molecule has 6 rings (SSSR count). The summed E-state index contributed by atoms with van der Waals surface area (Å²) in [5.74, 6) is -2.29. The molecule has 14 heteroatoms. The fraction of sp³-hybridized carbons (Fsp3) is 0.413. The molecule has 60 heavy (non-hydrogen) atoms. The van der Waals surface area contributed by atoms with Crippen molar-refractivity contribution in [1.82, 2.24) is 0 Å². The van der Waals surface area contributed by atoms with E-state index in [4.69, 9.17) is 47.4 Å². The molecule has 4 aromatic rings. The van der Waals surface area contributed by atoms with Crippen LogP contribution in [0.1, 0.15) is 43.0 Å². The van der Waals surface area contributed by atoms with E-state index in [-0.39, 0.29) is 33.0 Å². The maximum Gasteiger partial charge on any atom is 0.303 e. The van der Waals surface area contributed by atoms with E-state index in [0.717, 1.165) is 43.0 Å². The summed E-state index contributed by atoms with van der Waals surface area (Å²) in [5, 5.41) is 11.0.